The molecule has 0 atom stereocenters. The van der Waals surface area contributed by atoms with Gasteiger partial charge in [-0.1, -0.05) is 11.8 Å². The van der Waals surface area contributed by atoms with E-state index in [0.29, 0.717) is 28.7 Å². The molecule has 9 heteroatoms. The predicted molar refractivity (Wildman–Crippen MR) is 103 cm³/mol. The molecule has 0 N–H and O–H groups in total. The number of methoxy groups -OCH3 is 1. The first-order chi connectivity index (χ1) is 13.5. The second kappa shape index (κ2) is 10.6. The van der Waals surface area contributed by atoms with E-state index in [0.717, 1.165) is 0 Å². The van der Waals surface area contributed by atoms with E-state index in [2.05, 4.69) is 0 Å². The number of ether oxygens (including phenoxy) is 4. The Balaban J connectivity index is 1.95. The Morgan fingerprint density at radius 2 is 1.96 bits per heavy atom. The molecule has 152 valence electrons. The highest BCUT2D eigenvalue weighted by Crippen LogP contribution is 2.29. The van der Waals surface area contributed by atoms with Crippen LogP contribution in [0.3, 0.4) is 0 Å². The van der Waals surface area contributed by atoms with Gasteiger partial charge in [0.15, 0.2) is 11.5 Å². The highest BCUT2D eigenvalue weighted by atomic mass is 32.2. The molecular weight excluding hydrogens is 386 g/mol. The van der Waals surface area contributed by atoms with Crippen LogP contribution in [-0.4, -0.2) is 62.0 Å². The van der Waals surface area contributed by atoms with Crippen LogP contribution in [0.5, 0.6) is 11.5 Å². The lowest BCUT2D eigenvalue weighted by Gasteiger charge is -2.17. The summed E-state index contributed by atoms with van der Waals surface area (Å²) in [6.45, 7) is 4.42. The van der Waals surface area contributed by atoms with E-state index in [4.69, 9.17) is 18.9 Å². The van der Waals surface area contributed by atoms with E-state index in [1.165, 1.54) is 35.9 Å². The van der Waals surface area contributed by atoms with Gasteiger partial charge in [0.05, 0.1) is 49.3 Å². The zero-order valence-corrected chi connectivity index (χ0v) is 16.9. The second-order valence-corrected chi connectivity index (χ2v) is 6.50. The number of thioether (sulfide) groups is 1. The Morgan fingerprint density at radius 1 is 1.18 bits per heavy atom. The van der Waals surface area contributed by atoms with Crippen LogP contribution >= 0.6 is 11.8 Å². The maximum absolute atomic E-state index is 12.3. The molecule has 0 saturated carbocycles. The van der Waals surface area contributed by atoms with Crippen LogP contribution in [0.4, 0.5) is 0 Å². The van der Waals surface area contributed by atoms with Gasteiger partial charge >= 0.3 is 11.9 Å². The molecule has 1 aliphatic rings. The van der Waals surface area contributed by atoms with Crippen LogP contribution in [0.1, 0.15) is 24.2 Å². The molecule has 1 saturated heterocycles. The van der Waals surface area contributed by atoms with E-state index >= 15 is 0 Å². The molecule has 2 rings (SSSR count). The van der Waals surface area contributed by atoms with Crippen molar-refractivity contribution in [2.75, 3.05) is 39.2 Å². The molecule has 8 nitrogen and oxygen atoms in total. The summed E-state index contributed by atoms with van der Waals surface area (Å²) in [7, 11) is 1.49. The Morgan fingerprint density at radius 3 is 2.64 bits per heavy atom. The van der Waals surface area contributed by atoms with Gasteiger partial charge in [0, 0.05) is 0 Å². The number of hydrogen-bond donors (Lipinski definition) is 0. The molecule has 1 fully saturated rings. The van der Waals surface area contributed by atoms with Gasteiger partial charge in [0.25, 0.3) is 0 Å². The van der Waals surface area contributed by atoms with Crippen molar-refractivity contribution in [1.82, 2.24) is 4.90 Å². The molecule has 0 unspecified atom stereocenters. The Bertz CT molecular complexity index is 763. The minimum absolute atomic E-state index is 0.0131. The summed E-state index contributed by atoms with van der Waals surface area (Å²) >= 11 is 1.24. The number of carbonyl (C=O) groups is 3. The molecule has 0 spiro atoms. The van der Waals surface area contributed by atoms with E-state index in [1.54, 1.807) is 19.1 Å². The SMILES string of the molecule is CCOC(=O)/C=C1\SCC(=O)N1CCOC(=O)c1ccc(OCC)c(OC)c1. The zero-order valence-electron chi connectivity index (χ0n) is 16.1. The number of rotatable bonds is 9. The van der Waals surface area contributed by atoms with Gasteiger partial charge in [0.2, 0.25) is 5.91 Å². The third-order valence-electron chi connectivity index (χ3n) is 3.69. The molecule has 1 heterocycles. The maximum atomic E-state index is 12.3. The summed E-state index contributed by atoms with van der Waals surface area (Å²) in [4.78, 5) is 37.3. The summed E-state index contributed by atoms with van der Waals surface area (Å²) in [6.07, 6.45) is 1.28. The Labute approximate surface area is 167 Å². The summed E-state index contributed by atoms with van der Waals surface area (Å²) in [5.41, 5.74) is 0.310. The van der Waals surface area contributed by atoms with Crippen LogP contribution < -0.4 is 9.47 Å². The molecule has 1 aromatic carbocycles. The van der Waals surface area contributed by atoms with Gasteiger partial charge in [-0.25, -0.2) is 9.59 Å². The van der Waals surface area contributed by atoms with E-state index in [1.807, 2.05) is 6.92 Å². The highest BCUT2D eigenvalue weighted by molar-refractivity contribution is 8.04. The lowest BCUT2D eigenvalue weighted by atomic mass is 10.2. The fourth-order valence-electron chi connectivity index (χ4n) is 2.44. The number of esters is 2. The Hall–Kier alpha value is -2.68. The molecule has 0 radical (unpaired) electrons. The maximum Gasteiger partial charge on any atom is 0.338 e. The van der Waals surface area contributed by atoms with Crippen molar-refractivity contribution >= 4 is 29.6 Å². The fourth-order valence-corrected chi connectivity index (χ4v) is 3.39. The molecule has 1 aliphatic heterocycles. The molecule has 0 aliphatic carbocycles. The second-order valence-electron chi connectivity index (χ2n) is 5.50. The minimum atomic E-state index is -0.545. The molecule has 0 bridgehead atoms. The number of nitrogens with zero attached hydrogens (tertiary/aromatic N) is 1. The Kier molecular flexibility index (Phi) is 8.19. The van der Waals surface area contributed by atoms with Crippen LogP contribution in [0, 0.1) is 0 Å². The first kappa shape index (κ1) is 21.6. The van der Waals surface area contributed by atoms with Gasteiger partial charge in [-0.05, 0) is 32.0 Å². The van der Waals surface area contributed by atoms with Crippen molar-refractivity contribution in [3.8, 4) is 11.5 Å². The van der Waals surface area contributed by atoms with Crippen molar-refractivity contribution in [3.05, 3.63) is 34.9 Å². The summed E-state index contributed by atoms with van der Waals surface area (Å²) in [5, 5.41) is 0.488. The first-order valence-corrected chi connectivity index (χ1v) is 9.78. The monoisotopic (exact) mass is 409 g/mol. The highest BCUT2D eigenvalue weighted by Gasteiger charge is 2.27. The fraction of sp³-hybridized carbons (Fsp3) is 0.421. The summed E-state index contributed by atoms with van der Waals surface area (Å²) in [5.74, 6) is -0.00826. The quantitative estimate of drug-likeness (QED) is 0.453. The molecule has 28 heavy (non-hydrogen) atoms. The summed E-state index contributed by atoms with van der Waals surface area (Å²) in [6, 6.07) is 4.76. The van der Waals surface area contributed by atoms with Crippen LogP contribution in [0.25, 0.3) is 0 Å². The van der Waals surface area contributed by atoms with Crippen molar-refractivity contribution in [1.29, 1.82) is 0 Å². The number of benzene rings is 1. The average molecular weight is 409 g/mol. The third kappa shape index (κ3) is 5.66. The standard InChI is InChI=1S/C19H23NO7S/c1-4-25-14-7-6-13(10-15(14)24-3)19(23)27-9-8-20-16(21)12-28-17(20)11-18(22)26-5-2/h6-7,10-11H,4-5,8-9,12H2,1-3H3/b17-11-. The lowest BCUT2D eigenvalue weighted by molar-refractivity contribution is -0.137. The van der Waals surface area contributed by atoms with Crippen molar-refractivity contribution in [2.45, 2.75) is 13.8 Å². The topological polar surface area (TPSA) is 91.4 Å². The lowest BCUT2D eigenvalue weighted by Crippen LogP contribution is -2.29. The molecule has 1 aromatic rings. The van der Waals surface area contributed by atoms with E-state index in [9.17, 15) is 14.4 Å². The molecule has 0 aromatic heterocycles. The molecule has 1 amide bonds. The van der Waals surface area contributed by atoms with Crippen LogP contribution in [0.2, 0.25) is 0 Å². The van der Waals surface area contributed by atoms with Gasteiger partial charge in [-0.3, -0.25) is 4.79 Å². The van der Waals surface area contributed by atoms with Gasteiger partial charge in [-0.15, -0.1) is 0 Å². The third-order valence-corrected chi connectivity index (χ3v) is 4.71. The zero-order chi connectivity index (χ0) is 20.5. The average Bonchev–Trinajstić information content (AvgIpc) is 3.02. The van der Waals surface area contributed by atoms with Gasteiger partial charge in [-0.2, -0.15) is 0 Å². The van der Waals surface area contributed by atoms with E-state index in [-0.39, 0.29) is 31.4 Å². The van der Waals surface area contributed by atoms with Crippen LogP contribution in [-0.2, 0) is 19.1 Å². The largest absolute Gasteiger partial charge is 0.493 e. The van der Waals surface area contributed by atoms with E-state index < -0.39 is 11.9 Å². The number of carbonyl (C=O) groups excluding carboxylic acids is 3. The number of hydrogen-bond acceptors (Lipinski definition) is 8. The minimum Gasteiger partial charge on any atom is -0.493 e. The van der Waals surface area contributed by atoms with Crippen molar-refractivity contribution in [2.24, 2.45) is 0 Å². The first-order valence-electron chi connectivity index (χ1n) is 8.79. The van der Waals surface area contributed by atoms with Crippen molar-refractivity contribution < 1.29 is 33.3 Å². The van der Waals surface area contributed by atoms with Gasteiger partial charge < -0.3 is 23.8 Å². The molecular formula is C19H23NO7S. The summed E-state index contributed by atoms with van der Waals surface area (Å²) < 4.78 is 20.8. The van der Waals surface area contributed by atoms with Crippen molar-refractivity contribution in [3.63, 3.8) is 0 Å². The number of amides is 1. The van der Waals surface area contributed by atoms with Crippen LogP contribution in [0.15, 0.2) is 29.3 Å². The normalized spacial score (nSPS) is 14.9. The smallest absolute Gasteiger partial charge is 0.338 e. The predicted octanol–water partition coefficient (Wildman–Crippen LogP) is 2.23. The van der Waals surface area contributed by atoms with Gasteiger partial charge in [0.1, 0.15) is 6.61 Å².